The summed E-state index contributed by atoms with van der Waals surface area (Å²) in [6.45, 7) is 5.57. The van der Waals surface area contributed by atoms with E-state index in [0.717, 1.165) is 17.4 Å². The Morgan fingerprint density at radius 3 is 2.27 bits per heavy atom. The highest BCUT2D eigenvalue weighted by atomic mass is 35.5. The maximum atomic E-state index is 14.0. The van der Waals surface area contributed by atoms with Crippen LogP contribution >= 0.6 is 11.6 Å². The lowest BCUT2D eigenvalue weighted by Gasteiger charge is -2.32. The van der Waals surface area contributed by atoms with Gasteiger partial charge in [0.1, 0.15) is 19.3 Å². The Morgan fingerprint density at radius 2 is 1.61 bits per heavy atom. The van der Waals surface area contributed by atoms with E-state index < -0.39 is 16.1 Å². The molecule has 236 valence electrons. The standard InChI is InChI=1S/C33H40ClN3O6S/c1-24(2)22-35-33(39)29(20-25-8-5-4-6-9-25)36(23-26-11-13-27(34)14-12-26)32(38)10-7-17-37(44(3,40)41)28-15-16-30-31(21-28)43-19-18-42-30/h4-6,8-9,11-16,21,24,29H,7,10,17-20,22-23H2,1-3H3,(H,35,39). The number of fused-ring (bicyclic) bond motifs is 1. The van der Waals surface area contributed by atoms with Crippen molar-refractivity contribution in [3.8, 4) is 11.5 Å². The van der Waals surface area contributed by atoms with Gasteiger partial charge in [-0.15, -0.1) is 0 Å². The van der Waals surface area contributed by atoms with Crippen LogP contribution in [0.5, 0.6) is 11.5 Å². The van der Waals surface area contributed by atoms with Crippen molar-refractivity contribution in [1.29, 1.82) is 0 Å². The Labute approximate surface area is 265 Å². The molecule has 1 heterocycles. The Hall–Kier alpha value is -3.76. The Morgan fingerprint density at radius 1 is 0.932 bits per heavy atom. The number of nitrogens with one attached hydrogen (secondary N) is 1. The molecule has 0 aromatic heterocycles. The van der Waals surface area contributed by atoms with Gasteiger partial charge in [0.05, 0.1) is 11.9 Å². The van der Waals surface area contributed by atoms with E-state index >= 15 is 0 Å². The van der Waals surface area contributed by atoms with Crippen molar-refractivity contribution in [2.45, 2.75) is 45.7 Å². The van der Waals surface area contributed by atoms with Gasteiger partial charge in [0.25, 0.3) is 0 Å². The molecule has 0 bridgehead atoms. The molecule has 3 aromatic carbocycles. The largest absolute Gasteiger partial charge is 0.486 e. The maximum absolute atomic E-state index is 14.0. The lowest BCUT2D eigenvalue weighted by molar-refractivity contribution is -0.141. The Bertz CT molecular complexity index is 1520. The van der Waals surface area contributed by atoms with Crippen LogP contribution in [-0.2, 0) is 32.6 Å². The zero-order chi connectivity index (χ0) is 31.7. The molecule has 0 aliphatic carbocycles. The zero-order valence-electron chi connectivity index (χ0n) is 25.4. The molecule has 0 radical (unpaired) electrons. The van der Waals surface area contributed by atoms with Gasteiger partial charge in [0, 0.05) is 43.6 Å². The summed E-state index contributed by atoms with van der Waals surface area (Å²) in [5, 5.41) is 3.58. The van der Waals surface area contributed by atoms with Gasteiger partial charge in [0.2, 0.25) is 21.8 Å². The van der Waals surface area contributed by atoms with Crippen LogP contribution in [-0.4, -0.2) is 63.7 Å². The van der Waals surface area contributed by atoms with Crippen LogP contribution in [0, 0.1) is 5.92 Å². The van der Waals surface area contributed by atoms with E-state index in [9.17, 15) is 18.0 Å². The van der Waals surface area contributed by atoms with Gasteiger partial charge in [0.15, 0.2) is 11.5 Å². The summed E-state index contributed by atoms with van der Waals surface area (Å²) in [5.74, 6) is 0.778. The topological polar surface area (TPSA) is 105 Å². The van der Waals surface area contributed by atoms with E-state index in [4.69, 9.17) is 21.1 Å². The number of rotatable bonds is 14. The lowest BCUT2D eigenvalue weighted by atomic mass is 10.0. The highest BCUT2D eigenvalue weighted by Gasteiger charge is 2.31. The van der Waals surface area contributed by atoms with E-state index in [1.807, 2.05) is 56.3 Å². The Balaban J connectivity index is 1.57. The van der Waals surface area contributed by atoms with Crippen LogP contribution in [0.1, 0.15) is 37.8 Å². The highest BCUT2D eigenvalue weighted by Crippen LogP contribution is 2.35. The molecule has 1 aliphatic rings. The normalized spacial score (nSPS) is 13.3. The number of halogens is 1. The molecule has 1 unspecified atom stereocenters. The van der Waals surface area contributed by atoms with E-state index in [2.05, 4.69) is 5.32 Å². The van der Waals surface area contributed by atoms with Crippen LogP contribution in [0.4, 0.5) is 5.69 Å². The van der Waals surface area contributed by atoms with Crippen molar-refractivity contribution in [1.82, 2.24) is 10.2 Å². The summed E-state index contributed by atoms with van der Waals surface area (Å²) in [5.41, 5.74) is 2.18. The third-order valence-corrected chi connectivity index (χ3v) is 8.63. The number of anilines is 1. The van der Waals surface area contributed by atoms with E-state index in [1.54, 1.807) is 35.2 Å². The number of benzene rings is 3. The van der Waals surface area contributed by atoms with E-state index in [1.165, 1.54) is 4.31 Å². The van der Waals surface area contributed by atoms with Crippen molar-refractivity contribution in [2.75, 3.05) is 36.9 Å². The third-order valence-electron chi connectivity index (χ3n) is 7.19. The summed E-state index contributed by atoms with van der Waals surface area (Å²) in [4.78, 5) is 29.2. The Kier molecular flexibility index (Phi) is 11.5. The summed E-state index contributed by atoms with van der Waals surface area (Å²) in [7, 11) is -3.67. The molecule has 9 nitrogen and oxygen atoms in total. The molecule has 11 heteroatoms. The van der Waals surface area contributed by atoms with Gasteiger partial charge in [-0.3, -0.25) is 13.9 Å². The molecule has 0 spiro atoms. The molecule has 0 fully saturated rings. The maximum Gasteiger partial charge on any atom is 0.243 e. The predicted molar refractivity (Wildman–Crippen MR) is 173 cm³/mol. The third kappa shape index (κ3) is 9.37. The predicted octanol–water partition coefficient (Wildman–Crippen LogP) is 5.07. The minimum absolute atomic E-state index is 0.0346. The summed E-state index contributed by atoms with van der Waals surface area (Å²) >= 11 is 6.11. The molecule has 1 aliphatic heterocycles. The smallest absolute Gasteiger partial charge is 0.243 e. The van der Waals surface area contributed by atoms with Crippen LogP contribution in [0.25, 0.3) is 0 Å². The van der Waals surface area contributed by atoms with Gasteiger partial charge >= 0.3 is 0 Å². The molecule has 0 saturated carbocycles. The van der Waals surface area contributed by atoms with Crippen molar-refractivity contribution >= 4 is 39.1 Å². The number of hydrogen-bond acceptors (Lipinski definition) is 6. The molecule has 1 atom stereocenters. The first-order chi connectivity index (χ1) is 21.0. The first-order valence-electron chi connectivity index (χ1n) is 14.7. The van der Waals surface area contributed by atoms with Crippen molar-refractivity contribution in [3.05, 3.63) is 88.9 Å². The van der Waals surface area contributed by atoms with Gasteiger partial charge in [-0.05, 0) is 47.7 Å². The number of ether oxygens (including phenoxy) is 2. The average Bonchev–Trinajstić information content (AvgIpc) is 3.00. The molecule has 0 saturated heterocycles. The molecule has 4 rings (SSSR count). The number of carbonyl (C=O) groups excluding carboxylic acids is 2. The summed E-state index contributed by atoms with van der Waals surface area (Å²) in [6, 6.07) is 21.0. The molecule has 1 N–H and O–H groups in total. The van der Waals surface area contributed by atoms with Gasteiger partial charge < -0.3 is 19.7 Å². The molecule has 3 aromatic rings. The molecule has 2 amide bonds. The van der Waals surface area contributed by atoms with E-state index in [-0.39, 0.29) is 43.7 Å². The summed E-state index contributed by atoms with van der Waals surface area (Å²) < 4.78 is 38.1. The number of nitrogens with zero attached hydrogens (tertiary/aromatic N) is 2. The van der Waals surface area contributed by atoms with Crippen LogP contribution in [0.3, 0.4) is 0 Å². The monoisotopic (exact) mass is 641 g/mol. The van der Waals surface area contributed by atoms with Gasteiger partial charge in [-0.25, -0.2) is 8.42 Å². The number of carbonyl (C=O) groups is 2. The zero-order valence-corrected chi connectivity index (χ0v) is 26.9. The van der Waals surface area contributed by atoms with Gasteiger partial charge in [-0.2, -0.15) is 0 Å². The second kappa shape index (κ2) is 15.3. The first-order valence-corrected chi connectivity index (χ1v) is 17.0. The average molecular weight is 642 g/mol. The number of amides is 2. The van der Waals surface area contributed by atoms with Crippen molar-refractivity contribution < 1.29 is 27.5 Å². The lowest BCUT2D eigenvalue weighted by Crippen LogP contribution is -2.51. The number of sulfonamides is 1. The fourth-order valence-electron chi connectivity index (χ4n) is 4.95. The summed E-state index contributed by atoms with van der Waals surface area (Å²) in [6.07, 6.45) is 1.74. The quantitative estimate of drug-likeness (QED) is 0.264. The SMILES string of the molecule is CC(C)CNC(=O)C(Cc1ccccc1)N(Cc1ccc(Cl)cc1)C(=O)CCCN(c1ccc2c(c1)OCCO2)S(C)(=O)=O. The van der Waals surface area contributed by atoms with Crippen molar-refractivity contribution in [3.63, 3.8) is 0 Å². The molecular formula is C33H40ClN3O6S. The van der Waals surface area contributed by atoms with Crippen molar-refractivity contribution in [2.24, 2.45) is 5.92 Å². The first kappa shape index (κ1) is 33.1. The van der Waals surface area contributed by atoms with Crippen LogP contribution < -0.4 is 19.1 Å². The van der Waals surface area contributed by atoms with Gasteiger partial charge in [-0.1, -0.05) is 67.9 Å². The fourth-order valence-corrected chi connectivity index (χ4v) is 6.04. The second-order valence-electron chi connectivity index (χ2n) is 11.3. The minimum Gasteiger partial charge on any atom is -0.486 e. The van der Waals surface area contributed by atoms with Crippen LogP contribution in [0.15, 0.2) is 72.8 Å². The minimum atomic E-state index is -3.67. The highest BCUT2D eigenvalue weighted by molar-refractivity contribution is 7.92. The molecule has 44 heavy (non-hydrogen) atoms. The molecular weight excluding hydrogens is 602 g/mol. The van der Waals surface area contributed by atoms with E-state index in [0.29, 0.717) is 48.4 Å². The van der Waals surface area contributed by atoms with Crippen LogP contribution in [0.2, 0.25) is 5.02 Å². The fraction of sp³-hybridized carbons (Fsp3) is 0.394. The second-order valence-corrected chi connectivity index (χ2v) is 13.6. The number of hydrogen-bond donors (Lipinski definition) is 1.